The van der Waals surface area contributed by atoms with Gasteiger partial charge in [0.05, 0.1) is 0 Å². The number of aliphatic carboxylic acids is 1. The average Bonchev–Trinajstić information content (AvgIpc) is 2.44. The zero-order valence-electron chi connectivity index (χ0n) is 12.4. The number of rotatable bonds is 4. The van der Waals surface area contributed by atoms with Gasteiger partial charge in [0.25, 0.3) is 0 Å². The first-order chi connectivity index (χ1) is 10.1. The molecule has 1 atom stereocenters. The van der Waals surface area contributed by atoms with Crippen LogP contribution < -0.4 is 21.7 Å². The van der Waals surface area contributed by atoms with E-state index in [9.17, 15) is 9.59 Å². The lowest BCUT2D eigenvalue weighted by atomic mass is 10.1. The lowest BCUT2D eigenvalue weighted by Crippen LogP contribution is -2.44. The van der Waals surface area contributed by atoms with Gasteiger partial charge in [-0.15, -0.1) is 0 Å². The molecule has 122 valence electrons. The van der Waals surface area contributed by atoms with Crippen molar-refractivity contribution in [1.82, 2.24) is 20.9 Å². The molecule has 1 aliphatic heterocycles. The lowest BCUT2D eigenvalue weighted by molar-refractivity contribution is -0.139. The Bertz CT molecular complexity index is 315. The molecule has 0 spiro atoms. The SMILES string of the molecule is NC(CCC(=O)N1CCNCCNCCNCC1)C(=O)O. The van der Waals surface area contributed by atoms with Crippen LogP contribution in [-0.2, 0) is 9.59 Å². The fourth-order valence-corrected chi connectivity index (χ4v) is 2.08. The molecule has 1 saturated heterocycles. The lowest BCUT2D eigenvalue weighted by Gasteiger charge is -2.24. The quantitative estimate of drug-likeness (QED) is 0.399. The molecule has 1 heterocycles. The number of nitrogens with two attached hydrogens (primary N) is 1. The van der Waals surface area contributed by atoms with E-state index in [0.29, 0.717) is 13.1 Å². The third kappa shape index (κ3) is 7.96. The van der Waals surface area contributed by atoms with Gasteiger partial charge in [0, 0.05) is 58.8 Å². The zero-order valence-corrected chi connectivity index (χ0v) is 12.4. The van der Waals surface area contributed by atoms with Crippen LogP contribution >= 0.6 is 0 Å². The van der Waals surface area contributed by atoms with Gasteiger partial charge < -0.3 is 31.7 Å². The van der Waals surface area contributed by atoms with Crippen molar-refractivity contribution >= 4 is 11.9 Å². The van der Waals surface area contributed by atoms with Crippen molar-refractivity contribution < 1.29 is 14.7 Å². The normalized spacial score (nSPS) is 20.1. The highest BCUT2D eigenvalue weighted by Gasteiger charge is 2.17. The number of carbonyl (C=O) groups excluding carboxylic acids is 1. The summed E-state index contributed by atoms with van der Waals surface area (Å²) in [6, 6.07) is -0.969. The highest BCUT2D eigenvalue weighted by atomic mass is 16.4. The van der Waals surface area contributed by atoms with Crippen molar-refractivity contribution in [3.05, 3.63) is 0 Å². The molecule has 1 aliphatic rings. The van der Waals surface area contributed by atoms with E-state index in [2.05, 4.69) is 16.0 Å². The molecule has 0 aromatic heterocycles. The van der Waals surface area contributed by atoms with Gasteiger partial charge >= 0.3 is 5.97 Å². The van der Waals surface area contributed by atoms with E-state index in [1.54, 1.807) is 4.90 Å². The van der Waals surface area contributed by atoms with Gasteiger partial charge in [-0.3, -0.25) is 9.59 Å². The topological polar surface area (TPSA) is 120 Å². The van der Waals surface area contributed by atoms with Gasteiger partial charge in [-0.2, -0.15) is 0 Å². The number of amides is 1. The van der Waals surface area contributed by atoms with Gasteiger partial charge in [0.15, 0.2) is 0 Å². The Hall–Kier alpha value is -1.22. The van der Waals surface area contributed by atoms with Gasteiger partial charge in [-0.05, 0) is 6.42 Å². The van der Waals surface area contributed by atoms with Crippen LogP contribution in [0.5, 0.6) is 0 Å². The largest absolute Gasteiger partial charge is 0.480 e. The van der Waals surface area contributed by atoms with E-state index in [-0.39, 0.29) is 18.7 Å². The van der Waals surface area contributed by atoms with Crippen LogP contribution in [-0.4, -0.2) is 80.3 Å². The summed E-state index contributed by atoms with van der Waals surface area (Å²) in [5, 5.41) is 18.6. The van der Waals surface area contributed by atoms with Crippen molar-refractivity contribution in [2.75, 3.05) is 52.4 Å². The fraction of sp³-hybridized carbons (Fsp3) is 0.846. The Morgan fingerprint density at radius 1 is 1.00 bits per heavy atom. The van der Waals surface area contributed by atoms with E-state index in [0.717, 1.165) is 39.3 Å². The van der Waals surface area contributed by atoms with Crippen LogP contribution in [0.15, 0.2) is 0 Å². The molecule has 8 heteroatoms. The molecule has 1 fully saturated rings. The molecular formula is C13H27N5O3. The van der Waals surface area contributed by atoms with Crippen molar-refractivity contribution in [1.29, 1.82) is 0 Å². The van der Waals surface area contributed by atoms with Crippen molar-refractivity contribution in [3.63, 3.8) is 0 Å². The number of carboxylic acid groups (broad SMARTS) is 1. The number of carbonyl (C=O) groups is 2. The second kappa shape index (κ2) is 10.5. The Morgan fingerprint density at radius 3 is 1.95 bits per heavy atom. The van der Waals surface area contributed by atoms with E-state index in [4.69, 9.17) is 10.8 Å². The molecule has 1 rings (SSSR count). The fourth-order valence-electron chi connectivity index (χ4n) is 2.08. The summed E-state index contributed by atoms with van der Waals surface area (Å²) in [5.41, 5.74) is 5.43. The monoisotopic (exact) mass is 301 g/mol. The summed E-state index contributed by atoms with van der Waals surface area (Å²) in [6.45, 7) is 6.27. The number of carboxylic acids is 1. The highest BCUT2D eigenvalue weighted by molar-refractivity contribution is 5.78. The predicted molar refractivity (Wildman–Crippen MR) is 80.0 cm³/mol. The van der Waals surface area contributed by atoms with E-state index < -0.39 is 12.0 Å². The Labute approximate surface area is 125 Å². The van der Waals surface area contributed by atoms with Crippen LogP contribution in [0.3, 0.4) is 0 Å². The second-order valence-electron chi connectivity index (χ2n) is 5.11. The maximum absolute atomic E-state index is 12.2. The standard InChI is InChI=1S/C13H27N5O3/c14-11(13(20)21)1-2-12(19)18-9-7-16-5-3-15-4-6-17-8-10-18/h11,15-17H,1-10,14H2,(H,20,21). The summed E-state index contributed by atoms with van der Waals surface area (Å²) in [7, 11) is 0. The Balaban J connectivity index is 2.38. The van der Waals surface area contributed by atoms with E-state index >= 15 is 0 Å². The molecule has 0 aliphatic carbocycles. The average molecular weight is 301 g/mol. The third-order valence-corrected chi connectivity index (χ3v) is 3.41. The molecule has 0 aromatic rings. The maximum Gasteiger partial charge on any atom is 0.320 e. The number of nitrogens with zero attached hydrogens (tertiary/aromatic N) is 1. The minimum absolute atomic E-state index is 0.0366. The van der Waals surface area contributed by atoms with Crippen LogP contribution in [0.1, 0.15) is 12.8 Å². The molecule has 21 heavy (non-hydrogen) atoms. The Morgan fingerprint density at radius 2 is 1.48 bits per heavy atom. The molecule has 0 aromatic carbocycles. The first kappa shape index (κ1) is 17.8. The van der Waals surface area contributed by atoms with Gasteiger partial charge in [0.2, 0.25) is 5.91 Å². The van der Waals surface area contributed by atoms with Crippen LogP contribution in [0.25, 0.3) is 0 Å². The maximum atomic E-state index is 12.2. The molecule has 1 amide bonds. The van der Waals surface area contributed by atoms with Crippen molar-refractivity contribution in [2.45, 2.75) is 18.9 Å². The van der Waals surface area contributed by atoms with Crippen LogP contribution in [0, 0.1) is 0 Å². The minimum atomic E-state index is -1.06. The van der Waals surface area contributed by atoms with E-state index in [1.807, 2.05) is 0 Å². The predicted octanol–water partition coefficient (Wildman–Crippen LogP) is -2.21. The molecule has 1 unspecified atom stereocenters. The number of hydrogen-bond donors (Lipinski definition) is 5. The molecular weight excluding hydrogens is 274 g/mol. The zero-order chi connectivity index (χ0) is 15.5. The number of nitrogens with one attached hydrogen (secondary N) is 3. The van der Waals surface area contributed by atoms with Gasteiger partial charge in [0.1, 0.15) is 6.04 Å². The molecule has 0 saturated carbocycles. The summed E-state index contributed by atoms with van der Waals surface area (Å²) in [6.07, 6.45) is 0.352. The number of hydrogen-bond acceptors (Lipinski definition) is 6. The van der Waals surface area contributed by atoms with Crippen molar-refractivity contribution in [2.24, 2.45) is 5.73 Å². The minimum Gasteiger partial charge on any atom is -0.480 e. The molecule has 0 radical (unpaired) electrons. The molecule has 6 N–H and O–H groups in total. The summed E-state index contributed by atoms with van der Waals surface area (Å²) >= 11 is 0. The van der Waals surface area contributed by atoms with Crippen LogP contribution in [0.2, 0.25) is 0 Å². The summed E-state index contributed by atoms with van der Waals surface area (Å²) < 4.78 is 0. The van der Waals surface area contributed by atoms with Crippen LogP contribution in [0.4, 0.5) is 0 Å². The molecule has 8 nitrogen and oxygen atoms in total. The third-order valence-electron chi connectivity index (χ3n) is 3.41. The van der Waals surface area contributed by atoms with E-state index in [1.165, 1.54) is 0 Å². The van der Waals surface area contributed by atoms with Crippen molar-refractivity contribution in [3.8, 4) is 0 Å². The summed E-state index contributed by atoms with van der Waals surface area (Å²) in [4.78, 5) is 24.6. The Kier molecular flexibility index (Phi) is 8.91. The second-order valence-corrected chi connectivity index (χ2v) is 5.11. The smallest absolute Gasteiger partial charge is 0.320 e. The summed E-state index contributed by atoms with van der Waals surface area (Å²) in [5.74, 6) is -1.10. The first-order valence-corrected chi connectivity index (χ1v) is 7.49. The first-order valence-electron chi connectivity index (χ1n) is 7.49. The highest BCUT2D eigenvalue weighted by Crippen LogP contribution is 2.01. The van der Waals surface area contributed by atoms with Gasteiger partial charge in [-0.1, -0.05) is 0 Å². The van der Waals surface area contributed by atoms with Gasteiger partial charge in [-0.25, -0.2) is 0 Å². The molecule has 0 bridgehead atoms.